The zero-order valence-corrected chi connectivity index (χ0v) is 24.3. The van der Waals surface area contributed by atoms with Crippen molar-refractivity contribution in [2.45, 2.75) is 88.3 Å². The number of fused-ring (bicyclic) bond motifs is 5. The number of ether oxygens (including phenoxy) is 1. The van der Waals surface area contributed by atoms with Crippen molar-refractivity contribution >= 4 is 17.9 Å². The fraction of sp³-hybridized carbons (Fsp3) is 0.515. The molecule has 2 bridgehead atoms. The van der Waals surface area contributed by atoms with Crippen molar-refractivity contribution in [3.8, 4) is 6.07 Å². The van der Waals surface area contributed by atoms with Gasteiger partial charge in [-0.2, -0.15) is 5.26 Å². The van der Waals surface area contributed by atoms with Gasteiger partial charge in [-0.3, -0.25) is 14.5 Å². The third kappa shape index (κ3) is 4.53. The number of carbonyl (C=O) groups excluding carboxylic acids is 3. The molecule has 9 heteroatoms. The average Bonchev–Trinajstić information content (AvgIpc) is 3.27. The van der Waals surface area contributed by atoms with E-state index < -0.39 is 23.8 Å². The summed E-state index contributed by atoms with van der Waals surface area (Å²) < 4.78 is 5.50. The number of piperidine rings is 1. The van der Waals surface area contributed by atoms with Gasteiger partial charge in [0.05, 0.1) is 18.2 Å². The Labute approximate surface area is 246 Å². The second-order valence-electron chi connectivity index (χ2n) is 13.5. The molecule has 9 nitrogen and oxygen atoms in total. The Bertz CT molecular complexity index is 1450. The minimum atomic E-state index is -0.910. The summed E-state index contributed by atoms with van der Waals surface area (Å²) in [5.41, 5.74) is 4.13. The molecule has 6 atom stereocenters. The van der Waals surface area contributed by atoms with Crippen LogP contribution in [0.2, 0.25) is 0 Å². The van der Waals surface area contributed by atoms with E-state index in [1.807, 2.05) is 17.0 Å². The number of alkyl carbamates (subject to hydrolysis) is 1. The Morgan fingerprint density at radius 2 is 1.71 bits per heavy atom. The van der Waals surface area contributed by atoms with Gasteiger partial charge in [0.15, 0.2) is 0 Å². The first kappa shape index (κ1) is 27.0. The highest BCUT2D eigenvalue weighted by atomic mass is 16.6. The van der Waals surface area contributed by atoms with Gasteiger partial charge < -0.3 is 19.9 Å². The lowest BCUT2D eigenvalue weighted by atomic mass is 9.81. The summed E-state index contributed by atoms with van der Waals surface area (Å²) in [5, 5.41) is 12.5. The Hall–Kier alpha value is -3.90. The second-order valence-corrected chi connectivity index (χ2v) is 13.5. The van der Waals surface area contributed by atoms with Crippen LogP contribution in [0.4, 0.5) is 4.79 Å². The lowest BCUT2D eigenvalue weighted by Crippen LogP contribution is -2.59. The van der Waals surface area contributed by atoms with Crippen molar-refractivity contribution in [3.05, 3.63) is 70.8 Å². The Morgan fingerprint density at radius 1 is 1.05 bits per heavy atom. The van der Waals surface area contributed by atoms with E-state index in [1.54, 1.807) is 25.7 Å². The molecule has 0 radical (unpaired) electrons. The predicted octanol–water partition coefficient (Wildman–Crippen LogP) is 3.37. The molecule has 3 heterocycles. The molecule has 1 N–H and O–H groups in total. The molecule has 2 aliphatic carbocycles. The molecule has 4 fully saturated rings. The van der Waals surface area contributed by atoms with Crippen molar-refractivity contribution in [2.24, 2.45) is 5.92 Å². The van der Waals surface area contributed by atoms with E-state index >= 15 is 0 Å². The summed E-state index contributed by atoms with van der Waals surface area (Å²) in [6.45, 7) is 6.14. The SMILES string of the molecule is CC(C)(C)OC(=O)N[C@@H](CN1C[C@@H]2C[C@H]1C(=O)N2C1c2ccccc2Cc2ccccc21)C(=O)N1[C@H](C#N)C[C@@H]2C[C@@H]21. The standard InChI is InChI=1S/C33H37N5O4/c1-33(2,3)42-32(41)35-26(30(39)37-22(16-34)13-21-14-27(21)37)18-36-17-23-15-28(36)31(40)38(23)29-24-10-6-4-8-19(24)12-20-9-5-7-11-25(20)29/h4-11,21-23,26-29H,12-15,17-18H2,1-3H3,(H,35,41)/t21-,22+,23+,26+,27+,28+/m1/s1. The van der Waals surface area contributed by atoms with E-state index in [1.165, 1.54) is 22.3 Å². The quantitative estimate of drug-likeness (QED) is 0.594. The van der Waals surface area contributed by atoms with Crippen molar-refractivity contribution in [2.75, 3.05) is 13.1 Å². The van der Waals surface area contributed by atoms with Gasteiger partial charge in [-0.1, -0.05) is 48.5 Å². The number of nitrogens with one attached hydrogen (secondary N) is 1. The molecule has 3 saturated heterocycles. The van der Waals surface area contributed by atoms with Crippen molar-refractivity contribution < 1.29 is 19.1 Å². The Kier molecular flexibility index (Phi) is 6.32. The van der Waals surface area contributed by atoms with Crippen LogP contribution in [0.5, 0.6) is 0 Å². The number of likely N-dealkylation sites (tertiary alicyclic amines) is 3. The number of hydrogen-bond acceptors (Lipinski definition) is 6. The number of rotatable bonds is 5. The average molecular weight is 568 g/mol. The predicted molar refractivity (Wildman–Crippen MR) is 154 cm³/mol. The van der Waals surface area contributed by atoms with Crippen molar-refractivity contribution in [3.63, 3.8) is 0 Å². The minimum absolute atomic E-state index is 0.00422. The molecule has 3 amide bonds. The topological polar surface area (TPSA) is 106 Å². The molecule has 1 saturated carbocycles. The number of piperazine rings is 1. The van der Waals surface area contributed by atoms with E-state index in [-0.39, 0.29) is 42.5 Å². The van der Waals surface area contributed by atoms with E-state index in [2.05, 4.69) is 52.7 Å². The summed E-state index contributed by atoms with van der Waals surface area (Å²) in [6, 6.07) is 17.2. The zero-order chi connectivity index (χ0) is 29.3. The van der Waals surface area contributed by atoms with E-state index in [9.17, 15) is 19.6 Å². The maximum absolute atomic E-state index is 14.1. The lowest BCUT2D eigenvalue weighted by Gasteiger charge is -2.42. The number of benzene rings is 2. The molecule has 42 heavy (non-hydrogen) atoms. The van der Waals surface area contributed by atoms with Crippen LogP contribution in [-0.2, 0) is 20.7 Å². The van der Waals surface area contributed by atoms with E-state index in [4.69, 9.17) is 4.74 Å². The first-order chi connectivity index (χ1) is 20.1. The van der Waals surface area contributed by atoms with Crippen molar-refractivity contribution in [1.82, 2.24) is 20.0 Å². The Morgan fingerprint density at radius 3 is 2.33 bits per heavy atom. The Balaban J connectivity index is 1.13. The van der Waals surface area contributed by atoms with Crippen LogP contribution in [0, 0.1) is 17.2 Å². The van der Waals surface area contributed by atoms with Crippen LogP contribution < -0.4 is 5.32 Å². The second kappa shape index (κ2) is 9.84. The van der Waals surface area contributed by atoms with Crippen LogP contribution in [0.1, 0.15) is 68.3 Å². The van der Waals surface area contributed by atoms with Gasteiger partial charge in [0, 0.05) is 25.2 Å². The van der Waals surface area contributed by atoms with Gasteiger partial charge >= 0.3 is 6.09 Å². The molecule has 7 rings (SSSR count). The molecule has 3 aliphatic heterocycles. The number of nitriles is 1. The first-order valence-corrected chi connectivity index (χ1v) is 15.1. The summed E-state index contributed by atoms with van der Waals surface area (Å²) in [4.78, 5) is 46.6. The van der Waals surface area contributed by atoms with Gasteiger partial charge in [0.1, 0.15) is 17.7 Å². The smallest absolute Gasteiger partial charge is 0.408 e. The van der Waals surface area contributed by atoms with Crippen LogP contribution >= 0.6 is 0 Å². The third-order valence-corrected chi connectivity index (χ3v) is 9.59. The third-order valence-electron chi connectivity index (χ3n) is 9.59. The first-order valence-electron chi connectivity index (χ1n) is 15.1. The molecular weight excluding hydrogens is 530 g/mol. The van der Waals surface area contributed by atoms with Gasteiger partial charge in [0.25, 0.3) is 0 Å². The highest BCUT2D eigenvalue weighted by Gasteiger charge is 2.57. The molecule has 2 aromatic rings. The number of amides is 3. The van der Waals surface area contributed by atoms with Crippen LogP contribution in [0.25, 0.3) is 0 Å². The molecule has 0 unspecified atom stereocenters. The van der Waals surface area contributed by atoms with Gasteiger partial charge in [-0.15, -0.1) is 0 Å². The highest BCUT2D eigenvalue weighted by molar-refractivity contribution is 5.89. The van der Waals surface area contributed by atoms with E-state index in [0.717, 1.165) is 12.8 Å². The monoisotopic (exact) mass is 567 g/mol. The number of nitrogens with zero attached hydrogens (tertiary/aromatic N) is 4. The molecule has 0 aromatic heterocycles. The zero-order valence-electron chi connectivity index (χ0n) is 24.3. The summed E-state index contributed by atoms with van der Waals surface area (Å²) in [5.74, 6) is 0.157. The summed E-state index contributed by atoms with van der Waals surface area (Å²) in [6.07, 6.45) is 2.44. The minimum Gasteiger partial charge on any atom is -0.444 e. The highest BCUT2D eigenvalue weighted by Crippen LogP contribution is 2.48. The number of hydrogen-bond donors (Lipinski definition) is 1. The van der Waals surface area contributed by atoms with Crippen LogP contribution in [0.3, 0.4) is 0 Å². The van der Waals surface area contributed by atoms with Crippen molar-refractivity contribution in [1.29, 1.82) is 5.26 Å². The fourth-order valence-electron chi connectivity index (χ4n) is 7.76. The normalized spacial score (nSPS) is 28.5. The lowest BCUT2D eigenvalue weighted by molar-refractivity contribution is -0.141. The van der Waals surface area contributed by atoms with Gasteiger partial charge in [-0.25, -0.2) is 4.79 Å². The number of carbonyl (C=O) groups is 3. The molecule has 5 aliphatic rings. The van der Waals surface area contributed by atoms with Crippen LogP contribution in [-0.4, -0.2) is 81.5 Å². The largest absolute Gasteiger partial charge is 0.444 e. The van der Waals surface area contributed by atoms with E-state index in [0.29, 0.717) is 25.3 Å². The maximum Gasteiger partial charge on any atom is 0.408 e. The summed E-state index contributed by atoms with van der Waals surface area (Å²) >= 11 is 0. The van der Waals surface area contributed by atoms with Crippen LogP contribution in [0.15, 0.2) is 48.5 Å². The summed E-state index contributed by atoms with van der Waals surface area (Å²) in [7, 11) is 0. The molecule has 2 aromatic carbocycles. The maximum atomic E-state index is 14.1. The fourth-order valence-corrected chi connectivity index (χ4v) is 7.76. The molecular formula is C33H37N5O4. The van der Waals surface area contributed by atoms with Gasteiger partial charge in [-0.05, 0) is 74.6 Å². The van der Waals surface area contributed by atoms with Gasteiger partial charge in [0.2, 0.25) is 11.8 Å². The molecule has 218 valence electrons. The molecule has 0 spiro atoms.